The monoisotopic (exact) mass is 582 g/mol. The molecule has 1 spiro atoms. The molecule has 3 fully saturated rings. The Morgan fingerprint density at radius 3 is 2.65 bits per heavy atom. The van der Waals surface area contributed by atoms with E-state index in [0.29, 0.717) is 25.9 Å². The van der Waals surface area contributed by atoms with Gasteiger partial charge in [-0.25, -0.2) is 0 Å². The molecule has 3 aliphatic rings. The van der Waals surface area contributed by atoms with E-state index in [0.717, 1.165) is 25.7 Å². The van der Waals surface area contributed by atoms with Gasteiger partial charge >= 0.3 is 5.97 Å². The summed E-state index contributed by atoms with van der Waals surface area (Å²) in [7, 11) is 0. The zero-order valence-corrected chi connectivity index (χ0v) is 24.0. The molecule has 2 amide bonds. The number of hydrogen-bond acceptors (Lipinski definition) is 6. The molecule has 8 atom stereocenters. The quantitative estimate of drug-likeness (QED) is 0.137. The van der Waals surface area contributed by atoms with Gasteiger partial charge < -0.3 is 24.4 Å². The van der Waals surface area contributed by atoms with Crippen LogP contribution in [0.4, 0.5) is 0 Å². The van der Waals surface area contributed by atoms with Gasteiger partial charge in [0.15, 0.2) is 0 Å². The zero-order valence-electron chi connectivity index (χ0n) is 22.4. The zero-order chi connectivity index (χ0) is 27.3. The lowest BCUT2D eigenvalue weighted by Gasteiger charge is -2.41. The lowest BCUT2D eigenvalue weighted by Crippen LogP contribution is -2.60. The van der Waals surface area contributed by atoms with Crippen LogP contribution in [-0.4, -0.2) is 87.6 Å². The first kappa shape index (κ1) is 29.8. The van der Waals surface area contributed by atoms with Gasteiger partial charge in [-0.15, -0.1) is 13.2 Å². The number of amides is 2. The van der Waals surface area contributed by atoms with E-state index >= 15 is 0 Å². The van der Waals surface area contributed by atoms with Crippen LogP contribution in [0.2, 0.25) is 0 Å². The molecule has 3 rings (SSSR count). The molecule has 0 aromatic heterocycles. The van der Waals surface area contributed by atoms with Gasteiger partial charge in [-0.2, -0.15) is 0 Å². The second-order valence-electron chi connectivity index (χ2n) is 10.6. The maximum atomic E-state index is 14.3. The molecule has 2 bridgehead atoms. The molecule has 0 aromatic carbocycles. The standard InChI is InChI=1S/C28H43BrN2O6/c1-6-10-12-15-36-27(35)21-22-25(33)31(20(17-32)18(5)9-4)24(28(22)16-19(29)23(21)37-28)26(34)30(13-8-3)14-11-7-2/h6,8,18-24,32H,1,3,7,9-17H2,2,4-5H3/t18-,19?,20-,21-,22-,23-,24?,28?/m0/s1. The molecule has 0 aromatic rings. The molecular weight excluding hydrogens is 540 g/mol. The number of aliphatic hydroxyl groups is 1. The number of halogens is 1. The number of hydrogen-bond donors (Lipinski definition) is 1. The van der Waals surface area contributed by atoms with Crippen LogP contribution < -0.4 is 0 Å². The first-order valence-electron chi connectivity index (χ1n) is 13.7. The van der Waals surface area contributed by atoms with Crippen LogP contribution in [0.1, 0.15) is 59.3 Å². The minimum Gasteiger partial charge on any atom is -0.465 e. The van der Waals surface area contributed by atoms with Gasteiger partial charge in [-0.05, 0) is 31.6 Å². The highest BCUT2D eigenvalue weighted by Gasteiger charge is 2.77. The largest absolute Gasteiger partial charge is 0.465 e. The lowest BCUT2D eigenvalue weighted by atomic mass is 9.70. The topological polar surface area (TPSA) is 96.4 Å². The Kier molecular flexibility index (Phi) is 10.4. The first-order valence-corrected chi connectivity index (χ1v) is 14.6. The third-order valence-corrected chi connectivity index (χ3v) is 9.16. The third-order valence-electron chi connectivity index (χ3n) is 8.32. The molecule has 8 nitrogen and oxygen atoms in total. The average molecular weight is 584 g/mol. The molecular formula is C28H43BrN2O6. The number of rotatable bonds is 15. The Hall–Kier alpha value is -1.71. The summed E-state index contributed by atoms with van der Waals surface area (Å²) in [5, 5.41) is 10.4. The number of aliphatic hydroxyl groups excluding tert-OH is 1. The van der Waals surface area contributed by atoms with Gasteiger partial charge in [0, 0.05) is 17.9 Å². The maximum Gasteiger partial charge on any atom is 0.312 e. The van der Waals surface area contributed by atoms with Gasteiger partial charge in [0.25, 0.3) is 0 Å². The van der Waals surface area contributed by atoms with Crippen molar-refractivity contribution in [1.82, 2.24) is 9.80 Å². The molecule has 9 heteroatoms. The van der Waals surface area contributed by atoms with Crippen LogP contribution in [0.3, 0.4) is 0 Å². The summed E-state index contributed by atoms with van der Waals surface area (Å²) in [6.07, 6.45) is 7.14. The van der Waals surface area contributed by atoms with Crippen molar-refractivity contribution in [2.45, 2.75) is 87.9 Å². The number of esters is 1. The summed E-state index contributed by atoms with van der Waals surface area (Å²) in [5.41, 5.74) is -1.16. The molecule has 3 heterocycles. The van der Waals surface area contributed by atoms with Crippen LogP contribution in [0.25, 0.3) is 0 Å². The molecule has 3 aliphatic heterocycles. The van der Waals surface area contributed by atoms with E-state index in [2.05, 4.69) is 36.0 Å². The molecule has 0 saturated carbocycles. The van der Waals surface area contributed by atoms with Gasteiger partial charge in [0.05, 0.1) is 37.2 Å². The fraction of sp³-hybridized carbons (Fsp3) is 0.750. The molecule has 3 saturated heterocycles. The normalized spacial score (nSPS) is 31.6. The van der Waals surface area contributed by atoms with Crippen molar-refractivity contribution in [2.24, 2.45) is 17.8 Å². The summed E-state index contributed by atoms with van der Waals surface area (Å²) >= 11 is 3.69. The van der Waals surface area contributed by atoms with Crippen LogP contribution in [0.15, 0.2) is 25.3 Å². The number of alkyl halides is 1. The number of carbonyl (C=O) groups is 3. The Balaban J connectivity index is 2.05. The van der Waals surface area contributed by atoms with E-state index < -0.39 is 41.6 Å². The summed E-state index contributed by atoms with van der Waals surface area (Å²) in [5.74, 6) is -2.68. The summed E-state index contributed by atoms with van der Waals surface area (Å²) in [4.78, 5) is 44.9. The number of unbranched alkanes of at least 4 members (excludes halogenated alkanes) is 2. The SMILES string of the molecule is C=CCCCOC(=O)[C@H]1[C@H]2C(=O)N([C@@H](CO)[C@@H](C)CC)C(C(=O)N(CC=C)CCCC)C23CC(Br)[C@@H]1O3. The number of carbonyl (C=O) groups excluding carboxylic acids is 3. The first-order chi connectivity index (χ1) is 17.7. The predicted octanol–water partition coefficient (Wildman–Crippen LogP) is 3.47. The highest BCUT2D eigenvalue weighted by Crippen LogP contribution is 2.61. The van der Waals surface area contributed by atoms with Gasteiger partial charge in [0.1, 0.15) is 11.6 Å². The second kappa shape index (κ2) is 12.9. The molecule has 37 heavy (non-hydrogen) atoms. The molecule has 1 N–H and O–H groups in total. The minimum absolute atomic E-state index is 0.0516. The summed E-state index contributed by atoms with van der Waals surface area (Å²) in [6, 6.07) is -1.50. The van der Waals surface area contributed by atoms with Gasteiger partial charge in [-0.1, -0.05) is 61.7 Å². The number of ether oxygens (including phenoxy) is 2. The second-order valence-corrected chi connectivity index (χ2v) is 11.7. The Bertz CT molecular complexity index is 868. The van der Waals surface area contributed by atoms with Gasteiger partial charge in [0.2, 0.25) is 11.8 Å². The van der Waals surface area contributed by atoms with E-state index in [1.807, 2.05) is 13.8 Å². The van der Waals surface area contributed by atoms with Gasteiger partial charge in [-0.3, -0.25) is 14.4 Å². The minimum atomic E-state index is -1.16. The number of nitrogens with zero attached hydrogens (tertiary/aromatic N) is 2. The fourth-order valence-electron chi connectivity index (χ4n) is 6.25. The molecule has 0 aliphatic carbocycles. The van der Waals surface area contributed by atoms with Crippen LogP contribution in [0, 0.1) is 17.8 Å². The summed E-state index contributed by atoms with van der Waals surface area (Å²) < 4.78 is 12.1. The Labute approximate surface area is 229 Å². The lowest BCUT2D eigenvalue weighted by molar-refractivity contribution is -0.157. The van der Waals surface area contributed by atoms with E-state index in [4.69, 9.17) is 9.47 Å². The molecule has 0 radical (unpaired) electrons. The van der Waals surface area contributed by atoms with Crippen molar-refractivity contribution >= 4 is 33.7 Å². The van der Waals surface area contributed by atoms with E-state index in [1.54, 1.807) is 22.0 Å². The van der Waals surface area contributed by atoms with Crippen molar-refractivity contribution in [3.8, 4) is 0 Å². The number of fused-ring (bicyclic) bond motifs is 1. The Morgan fingerprint density at radius 1 is 1.32 bits per heavy atom. The Morgan fingerprint density at radius 2 is 2.05 bits per heavy atom. The van der Waals surface area contributed by atoms with Crippen molar-refractivity contribution < 1.29 is 29.0 Å². The predicted molar refractivity (Wildman–Crippen MR) is 145 cm³/mol. The van der Waals surface area contributed by atoms with Crippen molar-refractivity contribution in [3.63, 3.8) is 0 Å². The van der Waals surface area contributed by atoms with Crippen LogP contribution >= 0.6 is 15.9 Å². The van der Waals surface area contributed by atoms with Crippen LogP contribution in [0.5, 0.6) is 0 Å². The number of allylic oxidation sites excluding steroid dienone is 1. The summed E-state index contributed by atoms with van der Waals surface area (Å²) in [6.45, 7) is 14.4. The van der Waals surface area contributed by atoms with E-state index in [-0.39, 0.29) is 35.8 Å². The average Bonchev–Trinajstić information content (AvgIpc) is 3.48. The molecule has 208 valence electrons. The van der Waals surface area contributed by atoms with Crippen molar-refractivity contribution in [1.29, 1.82) is 0 Å². The highest BCUT2D eigenvalue weighted by molar-refractivity contribution is 9.09. The third kappa shape index (κ3) is 5.41. The number of likely N-dealkylation sites (tertiary alicyclic amines) is 1. The van der Waals surface area contributed by atoms with E-state index in [9.17, 15) is 19.5 Å². The van der Waals surface area contributed by atoms with Crippen molar-refractivity contribution in [2.75, 3.05) is 26.3 Å². The smallest absolute Gasteiger partial charge is 0.312 e. The van der Waals surface area contributed by atoms with Crippen LogP contribution in [-0.2, 0) is 23.9 Å². The van der Waals surface area contributed by atoms with Crippen molar-refractivity contribution in [3.05, 3.63) is 25.3 Å². The molecule has 3 unspecified atom stereocenters. The van der Waals surface area contributed by atoms with E-state index in [1.165, 1.54) is 0 Å². The fourth-order valence-corrected chi connectivity index (χ4v) is 7.20. The maximum absolute atomic E-state index is 14.3. The highest BCUT2D eigenvalue weighted by atomic mass is 79.9.